The summed E-state index contributed by atoms with van der Waals surface area (Å²) in [4.78, 5) is 13.1. The molecule has 0 saturated heterocycles. The van der Waals surface area contributed by atoms with Crippen LogP contribution in [0.25, 0.3) is 0 Å². The average Bonchev–Trinajstić information content (AvgIpc) is 2.75. The first-order valence-corrected chi connectivity index (χ1v) is 8.79. The van der Waals surface area contributed by atoms with Gasteiger partial charge in [0.25, 0.3) is 0 Å². The van der Waals surface area contributed by atoms with Crippen LogP contribution >= 0.6 is 12.0 Å². The summed E-state index contributed by atoms with van der Waals surface area (Å²) in [6.45, 7) is 4.65. The molecule has 1 amide bonds. The molecule has 0 aromatic carbocycles. The second-order valence-electron chi connectivity index (χ2n) is 7.03. The van der Waals surface area contributed by atoms with Gasteiger partial charge in [-0.25, -0.2) is 4.79 Å². The van der Waals surface area contributed by atoms with Gasteiger partial charge in [-0.05, 0) is 33.3 Å². The number of allylic oxidation sites excluding steroid dienone is 1. The van der Waals surface area contributed by atoms with Crippen LogP contribution in [0.3, 0.4) is 0 Å². The lowest BCUT2D eigenvalue weighted by molar-refractivity contribution is -0.381. The lowest BCUT2D eigenvalue weighted by Gasteiger charge is -2.32. The Balaban J connectivity index is 2.82. The van der Waals surface area contributed by atoms with Crippen LogP contribution in [0.15, 0.2) is 11.8 Å². The van der Waals surface area contributed by atoms with Gasteiger partial charge in [0.15, 0.2) is 0 Å². The average molecular weight is 463 g/mol. The summed E-state index contributed by atoms with van der Waals surface area (Å²) in [6, 6.07) is 0. The van der Waals surface area contributed by atoms with Crippen LogP contribution in [0.2, 0.25) is 0 Å². The maximum Gasteiger partial charge on any atom is 0.460 e. The number of hydrogen-bond donors (Lipinski definition) is 0. The fraction of sp³-hybridized carbons (Fsp3) is 0.800. The van der Waals surface area contributed by atoms with Gasteiger partial charge in [0, 0.05) is 19.5 Å². The maximum absolute atomic E-state index is 13.5. The first-order chi connectivity index (χ1) is 12.8. The van der Waals surface area contributed by atoms with Crippen molar-refractivity contribution in [2.75, 3.05) is 13.1 Å². The number of halogens is 9. The molecule has 14 heteroatoms. The zero-order valence-electron chi connectivity index (χ0n) is 15.4. The summed E-state index contributed by atoms with van der Waals surface area (Å²) in [5.74, 6) is -14.1. The highest BCUT2D eigenvalue weighted by Crippen LogP contribution is 2.57. The van der Waals surface area contributed by atoms with E-state index in [1.165, 1.54) is 0 Å². The topological polar surface area (TPSA) is 38.8 Å². The number of alkyl halides is 9. The van der Waals surface area contributed by atoms with E-state index in [1.54, 1.807) is 20.8 Å². The molecule has 1 rings (SSSR count). The predicted molar refractivity (Wildman–Crippen MR) is 84.7 cm³/mol. The summed E-state index contributed by atoms with van der Waals surface area (Å²) >= 11 is -1.50. The van der Waals surface area contributed by atoms with Crippen LogP contribution in [0.1, 0.15) is 33.6 Å². The molecule has 1 aliphatic rings. The third kappa shape index (κ3) is 6.01. The molecule has 170 valence electrons. The van der Waals surface area contributed by atoms with Crippen LogP contribution in [0.5, 0.6) is 0 Å². The highest BCUT2D eigenvalue weighted by atomic mass is 32.2. The van der Waals surface area contributed by atoms with E-state index in [2.05, 4.69) is 4.18 Å². The molecule has 0 aromatic heterocycles. The highest BCUT2D eigenvalue weighted by molar-refractivity contribution is 7.95. The minimum absolute atomic E-state index is 0.0850. The van der Waals surface area contributed by atoms with Crippen molar-refractivity contribution < 1.29 is 53.2 Å². The van der Waals surface area contributed by atoms with E-state index in [-0.39, 0.29) is 31.7 Å². The third-order valence-electron chi connectivity index (χ3n) is 3.41. The van der Waals surface area contributed by atoms with E-state index < -0.39 is 47.0 Å². The van der Waals surface area contributed by atoms with E-state index in [0.29, 0.717) is 0 Å². The monoisotopic (exact) mass is 463 g/mol. The summed E-state index contributed by atoms with van der Waals surface area (Å²) in [7, 11) is 0. The number of hydrogen-bond acceptors (Lipinski definition) is 4. The molecule has 0 bridgehead atoms. The lowest BCUT2D eigenvalue weighted by atomic mass is 10.1. The molecule has 0 atom stereocenters. The van der Waals surface area contributed by atoms with Crippen molar-refractivity contribution in [3.63, 3.8) is 0 Å². The molecular formula is C15H18F9NO3S. The second-order valence-corrected chi connectivity index (χ2v) is 7.88. The van der Waals surface area contributed by atoms with Gasteiger partial charge in [-0.15, -0.1) is 0 Å². The zero-order chi connectivity index (χ0) is 22.9. The van der Waals surface area contributed by atoms with Gasteiger partial charge >= 0.3 is 29.4 Å². The van der Waals surface area contributed by atoms with Crippen molar-refractivity contribution in [3.05, 3.63) is 11.8 Å². The fourth-order valence-electron chi connectivity index (χ4n) is 1.94. The van der Waals surface area contributed by atoms with Crippen LogP contribution < -0.4 is 0 Å². The number of nitrogens with zero attached hydrogens (tertiary/aromatic N) is 1. The van der Waals surface area contributed by atoms with Crippen molar-refractivity contribution in [1.29, 1.82) is 0 Å². The summed E-state index contributed by atoms with van der Waals surface area (Å²) < 4.78 is 125. The Hall–Kier alpha value is -1.47. The molecule has 0 unspecified atom stereocenters. The standard InChI is InChI=1S/C15H18F9NO3S/c1-11(2,3)27-10(26)25-7-4-5-9(6-8-25)28-29-15(23,24)13(18,19)12(16,17)14(20,21)22/h6H,4-5,7-8H2,1-3H3. The normalized spacial score (nSPS) is 17.5. The second kappa shape index (κ2) is 8.34. The van der Waals surface area contributed by atoms with Crippen LogP contribution in [-0.4, -0.2) is 53.0 Å². The minimum atomic E-state index is -6.98. The Morgan fingerprint density at radius 3 is 2.03 bits per heavy atom. The molecule has 29 heavy (non-hydrogen) atoms. The van der Waals surface area contributed by atoms with Gasteiger partial charge in [-0.2, -0.15) is 39.5 Å². The van der Waals surface area contributed by atoms with Gasteiger partial charge in [-0.1, -0.05) is 0 Å². The maximum atomic E-state index is 13.5. The molecule has 1 aliphatic heterocycles. The molecule has 0 fully saturated rings. The van der Waals surface area contributed by atoms with E-state index in [0.717, 1.165) is 11.0 Å². The molecule has 0 N–H and O–H groups in total. The fourth-order valence-corrected chi connectivity index (χ4v) is 2.53. The Kier molecular flexibility index (Phi) is 7.35. The largest absolute Gasteiger partial charge is 0.460 e. The van der Waals surface area contributed by atoms with Crippen LogP contribution in [0, 0.1) is 0 Å². The SMILES string of the molecule is CC(C)(C)OC(=O)N1CC=C(OSC(F)(F)C(F)(F)C(F)(F)C(F)(F)F)CCC1. The summed E-state index contributed by atoms with van der Waals surface area (Å²) in [5, 5.41) is -5.90. The van der Waals surface area contributed by atoms with E-state index in [9.17, 15) is 44.3 Å². The summed E-state index contributed by atoms with van der Waals surface area (Å²) in [5.41, 5.74) is -0.820. The van der Waals surface area contributed by atoms with Crippen molar-refractivity contribution in [3.8, 4) is 0 Å². The van der Waals surface area contributed by atoms with E-state index in [4.69, 9.17) is 4.74 Å². The molecule has 1 heterocycles. The Bertz CT molecular complexity index is 630. The van der Waals surface area contributed by atoms with Crippen LogP contribution in [-0.2, 0) is 8.92 Å². The van der Waals surface area contributed by atoms with Gasteiger partial charge in [0.2, 0.25) is 0 Å². The molecule has 0 radical (unpaired) electrons. The van der Waals surface area contributed by atoms with Crippen molar-refractivity contribution in [2.45, 2.75) is 62.5 Å². The first-order valence-electron chi connectivity index (χ1n) is 8.04. The van der Waals surface area contributed by atoms with Gasteiger partial charge in [0.1, 0.15) is 23.4 Å². The number of amides is 1. The van der Waals surface area contributed by atoms with Gasteiger partial charge < -0.3 is 13.8 Å². The molecule has 0 spiro atoms. The predicted octanol–water partition coefficient (Wildman–Crippen LogP) is 5.99. The van der Waals surface area contributed by atoms with Crippen LogP contribution in [0.4, 0.5) is 44.3 Å². The number of rotatable bonds is 5. The lowest BCUT2D eigenvalue weighted by Crippen LogP contribution is -2.59. The van der Waals surface area contributed by atoms with E-state index in [1.807, 2.05) is 0 Å². The van der Waals surface area contributed by atoms with Crippen molar-refractivity contribution in [2.24, 2.45) is 0 Å². The van der Waals surface area contributed by atoms with Crippen molar-refractivity contribution >= 4 is 18.1 Å². The summed E-state index contributed by atoms with van der Waals surface area (Å²) in [6.07, 6.45) is -6.63. The Morgan fingerprint density at radius 2 is 1.55 bits per heavy atom. The van der Waals surface area contributed by atoms with Gasteiger partial charge in [0.05, 0.1) is 0 Å². The third-order valence-corrected chi connectivity index (χ3v) is 4.17. The minimum Gasteiger partial charge on any atom is -0.444 e. The number of carbonyl (C=O) groups is 1. The highest BCUT2D eigenvalue weighted by Gasteiger charge is 2.82. The Labute approximate surface area is 164 Å². The molecular weight excluding hydrogens is 445 g/mol. The first kappa shape index (κ1) is 25.6. The number of carbonyl (C=O) groups excluding carboxylic acids is 1. The zero-order valence-corrected chi connectivity index (χ0v) is 16.2. The quantitative estimate of drug-likeness (QED) is 0.371. The Morgan fingerprint density at radius 1 is 1.00 bits per heavy atom. The smallest absolute Gasteiger partial charge is 0.444 e. The van der Waals surface area contributed by atoms with E-state index >= 15 is 0 Å². The molecule has 4 nitrogen and oxygen atoms in total. The number of ether oxygens (including phenoxy) is 1. The molecule has 0 aromatic rings. The molecule has 0 aliphatic carbocycles. The molecule has 0 saturated carbocycles. The van der Waals surface area contributed by atoms with Gasteiger partial charge in [-0.3, -0.25) is 0 Å². The van der Waals surface area contributed by atoms with Crippen molar-refractivity contribution in [1.82, 2.24) is 4.90 Å².